The van der Waals surface area contributed by atoms with Crippen molar-refractivity contribution in [3.63, 3.8) is 0 Å². The van der Waals surface area contributed by atoms with Crippen molar-refractivity contribution in [1.29, 1.82) is 0 Å². The molecule has 0 amide bonds. The molecule has 7 heteroatoms. The number of hydrogen-bond acceptors (Lipinski definition) is 5. The molecule has 0 aliphatic carbocycles. The summed E-state index contributed by atoms with van der Waals surface area (Å²) >= 11 is 5.52. The SMILES string of the molecule is C/N=C(\C)C(C(=O)O)C(=O)c1cnc(Cl)cn1. The largest absolute Gasteiger partial charge is 0.480 e. The Morgan fingerprint density at radius 1 is 1.41 bits per heavy atom. The first kappa shape index (κ1) is 13.2. The molecular formula is C10H10ClN3O3. The van der Waals surface area contributed by atoms with Crippen molar-refractivity contribution in [3.05, 3.63) is 23.2 Å². The molecule has 1 N–H and O–H groups in total. The first-order valence-corrected chi connectivity index (χ1v) is 5.03. The third-order valence-corrected chi connectivity index (χ3v) is 2.35. The Bertz CT molecular complexity index is 470. The zero-order chi connectivity index (χ0) is 13.0. The van der Waals surface area contributed by atoms with Crippen molar-refractivity contribution < 1.29 is 14.7 Å². The normalized spacial score (nSPS) is 13.2. The summed E-state index contributed by atoms with van der Waals surface area (Å²) in [5.41, 5.74) is 0.157. The molecule has 1 unspecified atom stereocenters. The van der Waals surface area contributed by atoms with Crippen molar-refractivity contribution in [2.45, 2.75) is 6.92 Å². The number of aliphatic carboxylic acids is 1. The lowest BCUT2D eigenvalue weighted by Crippen LogP contribution is -2.31. The highest BCUT2D eigenvalue weighted by atomic mass is 35.5. The minimum absolute atomic E-state index is 0.0511. The van der Waals surface area contributed by atoms with Gasteiger partial charge in [0, 0.05) is 12.8 Å². The number of Topliss-reactive ketones (excluding diaryl/α,β-unsaturated/α-hetero) is 1. The number of carbonyl (C=O) groups is 2. The Kier molecular flexibility index (Phi) is 4.28. The minimum Gasteiger partial charge on any atom is -0.480 e. The topological polar surface area (TPSA) is 92.5 Å². The van der Waals surface area contributed by atoms with Gasteiger partial charge in [0.05, 0.1) is 12.4 Å². The Balaban J connectivity index is 3.09. The molecule has 0 spiro atoms. The van der Waals surface area contributed by atoms with E-state index in [1.54, 1.807) is 0 Å². The number of carbonyl (C=O) groups excluding carboxylic acids is 1. The molecule has 17 heavy (non-hydrogen) atoms. The molecule has 0 aliphatic heterocycles. The maximum absolute atomic E-state index is 11.9. The van der Waals surface area contributed by atoms with Crippen LogP contribution in [-0.2, 0) is 4.79 Å². The van der Waals surface area contributed by atoms with Crippen LogP contribution in [0.3, 0.4) is 0 Å². The standard InChI is InChI=1S/C10H10ClN3O3/c1-5(12-2)8(10(16)17)9(15)6-3-14-7(11)4-13-6/h3-4,8H,1-2H3,(H,16,17)/b12-5+. The van der Waals surface area contributed by atoms with Crippen LogP contribution in [0.1, 0.15) is 17.4 Å². The third-order valence-electron chi connectivity index (χ3n) is 2.15. The average molecular weight is 256 g/mol. The summed E-state index contributed by atoms with van der Waals surface area (Å²) < 4.78 is 0. The smallest absolute Gasteiger partial charge is 0.320 e. The van der Waals surface area contributed by atoms with Gasteiger partial charge in [-0.1, -0.05) is 11.6 Å². The molecule has 0 bridgehead atoms. The number of nitrogens with zero attached hydrogens (tertiary/aromatic N) is 3. The van der Waals surface area contributed by atoms with E-state index in [2.05, 4.69) is 15.0 Å². The van der Waals surface area contributed by atoms with Crippen molar-refractivity contribution in [2.24, 2.45) is 10.9 Å². The molecule has 0 saturated carbocycles. The second kappa shape index (κ2) is 5.49. The van der Waals surface area contributed by atoms with Crippen LogP contribution in [0.15, 0.2) is 17.4 Å². The van der Waals surface area contributed by atoms with E-state index < -0.39 is 17.7 Å². The Hall–Kier alpha value is -1.82. The lowest BCUT2D eigenvalue weighted by Gasteiger charge is -2.09. The van der Waals surface area contributed by atoms with E-state index in [4.69, 9.17) is 16.7 Å². The molecule has 90 valence electrons. The highest BCUT2D eigenvalue weighted by molar-refractivity contribution is 6.29. The van der Waals surface area contributed by atoms with E-state index in [1.807, 2.05) is 0 Å². The van der Waals surface area contributed by atoms with Gasteiger partial charge in [-0.15, -0.1) is 0 Å². The Labute approximate surface area is 102 Å². The van der Waals surface area contributed by atoms with Gasteiger partial charge in [0.25, 0.3) is 0 Å². The Morgan fingerprint density at radius 2 is 2.06 bits per heavy atom. The molecule has 1 aromatic heterocycles. The molecule has 0 radical (unpaired) electrons. The summed E-state index contributed by atoms with van der Waals surface area (Å²) in [6, 6.07) is 0. The summed E-state index contributed by atoms with van der Waals surface area (Å²) in [6.07, 6.45) is 2.33. The maximum Gasteiger partial charge on any atom is 0.320 e. The number of rotatable bonds is 4. The van der Waals surface area contributed by atoms with E-state index in [9.17, 15) is 9.59 Å². The molecule has 0 aliphatic rings. The monoisotopic (exact) mass is 255 g/mol. The predicted molar refractivity (Wildman–Crippen MR) is 61.5 cm³/mol. The van der Waals surface area contributed by atoms with Gasteiger partial charge in [0.2, 0.25) is 5.78 Å². The number of aliphatic imine (C=N–C) groups is 1. The Morgan fingerprint density at radius 3 is 2.47 bits per heavy atom. The van der Waals surface area contributed by atoms with Crippen LogP contribution in [0.25, 0.3) is 0 Å². The first-order chi connectivity index (χ1) is 7.97. The summed E-state index contributed by atoms with van der Waals surface area (Å²) in [7, 11) is 1.42. The fourth-order valence-corrected chi connectivity index (χ4v) is 1.29. The van der Waals surface area contributed by atoms with Crippen LogP contribution >= 0.6 is 11.6 Å². The molecule has 0 fully saturated rings. The van der Waals surface area contributed by atoms with Crippen LogP contribution in [0, 0.1) is 5.92 Å². The zero-order valence-corrected chi connectivity index (χ0v) is 9.97. The molecule has 1 aromatic rings. The van der Waals surface area contributed by atoms with Gasteiger partial charge >= 0.3 is 5.97 Å². The predicted octanol–water partition coefficient (Wildman–Crippen LogP) is 1.10. The second-order valence-electron chi connectivity index (χ2n) is 3.22. The second-order valence-corrected chi connectivity index (χ2v) is 3.61. The maximum atomic E-state index is 11.9. The summed E-state index contributed by atoms with van der Waals surface area (Å²) in [5, 5.41) is 9.12. The molecular weight excluding hydrogens is 246 g/mol. The first-order valence-electron chi connectivity index (χ1n) is 4.65. The summed E-state index contributed by atoms with van der Waals surface area (Å²) in [5.74, 6) is -3.27. The highest BCUT2D eigenvalue weighted by Crippen LogP contribution is 2.10. The number of hydrogen-bond donors (Lipinski definition) is 1. The molecule has 0 aromatic carbocycles. The third kappa shape index (κ3) is 3.07. The van der Waals surface area contributed by atoms with Crippen LogP contribution in [0.2, 0.25) is 5.15 Å². The number of halogens is 1. The van der Waals surface area contributed by atoms with Crippen LogP contribution in [0.5, 0.6) is 0 Å². The van der Waals surface area contributed by atoms with Crippen molar-refractivity contribution in [1.82, 2.24) is 9.97 Å². The molecule has 1 rings (SSSR count). The zero-order valence-electron chi connectivity index (χ0n) is 9.22. The minimum atomic E-state index is -1.34. The van der Waals surface area contributed by atoms with Gasteiger partial charge in [0.1, 0.15) is 10.8 Å². The van der Waals surface area contributed by atoms with Gasteiger partial charge in [-0.25, -0.2) is 9.97 Å². The van der Waals surface area contributed by atoms with Gasteiger partial charge in [-0.3, -0.25) is 14.6 Å². The average Bonchev–Trinajstić information content (AvgIpc) is 2.29. The van der Waals surface area contributed by atoms with Crippen molar-refractivity contribution in [3.8, 4) is 0 Å². The van der Waals surface area contributed by atoms with Gasteiger partial charge in [0.15, 0.2) is 5.92 Å². The van der Waals surface area contributed by atoms with E-state index in [1.165, 1.54) is 20.2 Å². The molecule has 1 atom stereocenters. The number of carboxylic acid groups (broad SMARTS) is 1. The van der Waals surface area contributed by atoms with Crippen LogP contribution in [0.4, 0.5) is 0 Å². The van der Waals surface area contributed by atoms with E-state index >= 15 is 0 Å². The van der Waals surface area contributed by atoms with Crippen LogP contribution < -0.4 is 0 Å². The highest BCUT2D eigenvalue weighted by Gasteiger charge is 2.30. The van der Waals surface area contributed by atoms with Crippen LogP contribution in [-0.4, -0.2) is 39.6 Å². The fraction of sp³-hybridized carbons (Fsp3) is 0.300. The summed E-state index contributed by atoms with van der Waals surface area (Å²) in [4.78, 5) is 34.0. The number of carboxylic acids is 1. The van der Waals surface area contributed by atoms with Crippen molar-refractivity contribution >= 4 is 29.1 Å². The van der Waals surface area contributed by atoms with Gasteiger partial charge in [-0.2, -0.15) is 0 Å². The molecule has 0 saturated heterocycles. The van der Waals surface area contributed by atoms with E-state index in [0.29, 0.717) is 0 Å². The van der Waals surface area contributed by atoms with E-state index in [-0.39, 0.29) is 16.6 Å². The van der Waals surface area contributed by atoms with Crippen molar-refractivity contribution in [2.75, 3.05) is 7.05 Å². The lowest BCUT2D eigenvalue weighted by atomic mass is 9.97. The fourth-order valence-electron chi connectivity index (χ4n) is 1.20. The van der Waals surface area contributed by atoms with E-state index in [0.717, 1.165) is 6.20 Å². The number of ketones is 1. The molecule has 1 heterocycles. The number of aromatic nitrogens is 2. The molecule has 6 nitrogen and oxygen atoms in total. The summed E-state index contributed by atoms with van der Waals surface area (Å²) in [6.45, 7) is 1.47. The van der Waals surface area contributed by atoms with Gasteiger partial charge < -0.3 is 5.11 Å². The quantitative estimate of drug-likeness (QED) is 0.494. The lowest BCUT2D eigenvalue weighted by molar-refractivity contribution is -0.137. The van der Waals surface area contributed by atoms with Gasteiger partial charge in [-0.05, 0) is 6.92 Å².